The van der Waals surface area contributed by atoms with Gasteiger partial charge >= 0.3 is 5.97 Å². The highest BCUT2D eigenvalue weighted by Crippen LogP contribution is 2.34. The predicted octanol–water partition coefficient (Wildman–Crippen LogP) is 2.93. The van der Waals surface area contributed by atoms with E-state index in [2.05, 4.69) is 4.98 Å². The monoisotopic (exact) mass is 368 g/mol. The number of amides is 1. The van der Waals surface area contributed by atoms with Gasteiger partial charge in [0.1, 0.15) is 5.75 Å². The highest BCUT2D eigenvalue weighted by Gasteiger charge is 2.37. The molecule has 1 aromatic heterocycles. The van der Waals surface area contributed by atoms with Crippen LogP contribution in [0.2, 0.25) is 0 Å². The number of carbonyl (C=O) groups excluding carboxylic acids is 2. The number of methoxy groups -OCH3 is 1. The number of nitrogens with zero attached hydrogens (tertiary/aromatic N) is 2. The summed E-state index contributed by atoms with van der Waals surface area (Å²) in [5.41, 5.74) is 2.84. The van der Waals surface area contributed by atoms with Crippen LogP contribution in [0.5, 0.6) is 5.75 Å². The maximum absolute atomic E-state index is 12.4. The molecule has 0 bridgehead atoms. The van der Waals surface area contributed by atoms with Crippen molar-refractivity contribution in [3.63, 3.8) is 0 Å². The normalized spacial score (nSPS) is 16.4. The number of rotatable bonds is 7. The first-order chi connectivity index (χ1) is 13.1. The van der Waals surface area contributed by atoms with E-state index < -0.39 is 5.92 Å². The quantitative estimate of drug-likeness (QED) is 0.555. The SMILES string of the molecule is COc1ccc(C)cc1N1CC(C(=O)OCCCc2cccnc2)CC1=O. The molecule has 6 nitrogen and oxygen atoms in total. The molecule has 1 unspecified atom stereocenters. The third-order valence-electron chi connectivity index (χ3n) is 4.66. The second kappa shape index (κ2) is 8.66. The van der Waals surface area contributed by atoms with Crippen molar-refractivity contribution in [1.82, 2.24) is 4.98 Å². The second-order valence-corrected chi connectivity index (χ2v) is 6.71. The van der Waals surface area contributed by atoms with Crippen LogP contribution < -0.4 is 9.64 Å². The first-order valence-corrected chi connectivity index (χ1v) is 9.09. The van der Waals surface area contributed by atoms with Crippen LogP contribution >= 0.6 is 0 Å². The molecule has 0 aliphatic carbocycles. The van der Waals surface area contributed by atoms with Gasteiger partial charge in [-0.05, 0) is 49.1 Å². The molecular formula is C21H24N2O4. The fraction of sp³-hybridized carbons (Fsp3) is 0.381. The molecule has 1 saturated heterocycles. The Bertz CT molecular complexity index is 807. The molecule has 0 saturated carbocycles. The molecule has 27 heavy (non-hydrogen) atoms. The number of benzene rings is 1. The highest BCUT2D eigenvalue weighted by atomic mass is 16.5. The van der Waals surface area contributed by atoms with Crippen molar-refractivity contribution in [2.24, 2.45) is 5.92 Å². The number of pyridine rings is 1. The van der Waals surface area contributed by atoms with Gasteiger partial charge in [0.05, 0.1) is 25.3 Å². The Hall–Kier alpha value is -2.89. The van der Waals surface area contributed by atoms with Gasteiger partial charge in [-0.1, -0.05) is 12.1 Å². The van der Waals surface area contributed by atoms with Crippen molar-refractivity contribution < 1.29 is 19.1 Å². The Morgan fingerprint density at radius 3 is 2.93 bits per heavy atom. The molecule has 1 amide bonds. The summed E-state index contributed by atoms with van der Waals surface area (Å²) < 4.78 is 10.8. The number of ether oxygens (including phenoxy) is 2. The molecule has 2 heterocycles. The van der Waals surface area contributed by atoms with Gasteiger partial charge in [-0.2, -0.15) is 0 Å². The van der Waals surface area contributed by atoms with E-state index in [0.29, 0.717) is 24.6 Å². The fourth-order valence-corrected chi connectivity index (χ4v) is 3.22. The Labute approximate surface area is 159 Å². The van der Waals surface area contributed by atoms with E-state index in [-0.39, 0.29) is 18.3 Å². The van der Waals surface area contributed by atoms with Crippen LogP contribution in [0.4, 0.5) is 5.69 Å². The Morgan fingerprint density at radius 2 is 2.19 bits per heavy atom. The van der Waals surface area contributed by atoms with Crippen LogP contribution in [0.25, 0.3) is 0 Å². The lowest BCUT2D eigenvalue weighted by Crippen LogP contribution is -2.27. The molecule has 2 aromatic rings. The fourth-order valence-electron chi connectivity index (χ4n) is 3.22. The largest absolute Gasteiger partial charge is 0.495 e. The smallest absolute Gasteiger partial charge is 0.311 e. The van der Waals surface area contributed by atoms with Gasteiger partial charge in [0, 0.05) is 25.4 Å². The Morgan fingerprint density at radius 1 is 1.33 bits per heavy atom. The third-order valence-corrected chi connectivity index (χ3v) is 4.66. The van der Waals surface area contributed by atoms with Crippen molar-refractivity contribution in [3.05, 3.63) is 53.9 Å². The molecule has 1 aliphatic rings. The zero-order valence-electron chi connectivity index (χ0n) is 15.7. The van der Waals surface area contributed by atoms with Gasteiger partial charge in [0.2, 0.25) is 5.91 Å². The summed E-state index contributed by atoms with van der Waals surface area (Å²) in [6.07, 6.45) is 5.24. The first kappa shape index (κ1) is 18.9. The maximum atomic E-state index is 12.4. The van der Waals surface area contributed by atoms with E-state index in [9.17, 15) is 9.59 Å². The minimum atomic E-state index is -0.443. The van der Waals surface area contributed by atoms with Crippen molar-refractivity contribution in [2.75, 3.05) is 25.2 Å². The number of aromatic nitrogens is 1. The molecule has 6 heteroatoms. The zero-order valence-corrected chi connectivity index (χ0v) is 15.7. The molecule has 0 spiro atoms. The number of anilines is 1. The minimum absolute atomic E-state index is 0.0868. The van der Waals surface area contributed by atoms with Crippen LogP contribution in [0.3, 0.4) is 0 Å². The summed E-state index contributed by atoms with van der Waals surface area (Å²) in [7, 11) is 1.57. The maximum Gasteiger partial charge on any atom is 0.311 e. The van der Waals surface area contributed by atoms with Crippen molar-refractivity contribution >= 4 is 17.6 Å². The molecule has 1 aliphatic heterocycles. The number of esters is 1. The number of hydrogen-bond donors (Lipinski definition) is 0. The van der Waals surface area contributed by atoms with Crippen LogP contribution in [-0.2, 0) is 20.7 Å². The molecule has 142 valence electrons. The molecule has 0 radical (unpaired) electrons. The van der Waals surface area contributed by atoms with Gasteiger partial charge in [-0.3, -0.25) is 14.6 Å². The summed E-state index contributed by atoms with van der Waals surface area (Å²) in [6.45, 7) is 2.61. The molecule has 1 fully saturated rings. The van der Waals surface area contributed by atoms with Gasteiger partial charge in [-0.15, -0.1) is 0 Å². The highest BCUT2D eigenvalue weighted by molar-refractivity contribution is 6.00. The van der Waals surface area contributed by atoms with Crippen LogP contribution in [0.15, 0.2) is 42.7 Å². The molecule has 1 atom stereocenters. The summed E-state index contributed by atoms with van der Waals surface area (Å²) in [4.78, 5) is 30.5. The average molecular weight is 368 g/mol. The summed E-state index contributed by atoms with van der Waals surface area (Å²) in [5.74, 6) is -0.222. The topological polar surface area (TPSA) is 68.7 Å². The second-order valence-electron chi connectivity index (χ2n) is 6.71. The average Bonchev–Trinajstić information content (AvgIpc) is 3.07. The van der Waals surface area contributed by atoms with Gasteiger partial charge in [0.15, 0.2) is 0 Å². The van der Waals surface area contributed by atoms with E-state index in [0.717, 1.165) is 24.0 Å². The van der Waals surface area contributed by atoms with Gasteiger partial charge in [0.25, 0.3) is 0 Å². The van der Waals surface area contributed by atoms with Crippen LogP contribution in [0.1, 0.15) is 24.0 Å². The lowest BCUT2D eigenvalue weighted by Gasteiger charge is -2.20. The van der Waals surface area contributed by atoms with Crippen molar-refractivity contribution in [1.29, 1.82) is 0 Å². The number of aryl methyl sites for hydroxylation is 2. The van der Waals surface area contributed by atoms with E-state index in [4.69, 9.17) is 9.47 Å². The summed E-state index contributed by atoms with van der Waals surface area (Å²) in [5, 5.41) is 0. The van der Waals surface area contributed by atoms with E-state index >= 15 is 0 Å². The lowest BCUT2D eigenvalue weighted by atomic mass is 10.1. The zero-order chi connectivity index (χ0) is 19.2. The molecule has 0 N–H and O–H groups in total. The lowest BCUT2D eigenvalue weighted by molar-refractivity contribution is -0.148. The van der Waals surface area contributed by atoms with Crippen molar-refractivity contribution in [3.8, 4) is 5.75 Å². The standard InChI is InChI=1S/C21H24N2O4/c1-15-7-8-19(26-2)18(11-15)23-14-17(12-20(23)24)21(25)27-10-4-6-16-5-3-9-22-13-16/h3,5,7-9,11,13,17H,4,6,10,12,14H2,1-2H3. The third kappa shape index (κ3) is 4.64. The summed E-state index contributed by atoms with van der Waals surface area (Å²) in [6, 6.07) is 9.55. The Kier molecular flexibility index (Phi) is 6.06. The number of carbonyl (C=O) groups is 2. The minimum Gasteiger partial charge on any atom is -0.495 e. The first-order valence-electron chi connectivity index (χ1n) is 9.09. The molecular weight excluding hydrogens is 344 g/mol. The van der Waals surface area contributed by atoms with E-state index in [1.54, 1.807) is 18.2 Å². The van der Waals surface area contributed by atoms with Crippen LogP contribution in [0, 0.1) is 12.8 Å². The van der Waals surface area contributed by atoms with E-state index in [1.807, 2.05) is 43.5 Å². The predicted molar refractivity (Wildman–Crippen MR) is 102 cm³/mol. The molecule has 1 aromatic carbocycles. The number of hydrogen-bond acceptors (Lipinski definition) is 5. The molecule has 3 rings (SSSR count). The van der Waals surface area contributed by atoms with Crippen LogP contribution in [-0.4, -0.2) is 37.1 Å². The van der Waals surface area contributed by atoms with Gasteiger partial charge in [-0.25, -0.2) is 0 Å². The van der Waals surface area contributed by atoms with E-state index in [1.165, 1.54) is 0 Å². The van der Waals surface area contributed by atoms with Crippen molar-refractivity contribution in [2.45, 2.75) is 26.2 Å². The summed E-state index contributed by atoms with van der Waals surface area (Å²) >= 11 is 0. The Balaban J connectivity index is 1.54. The van der Waals surface area contributed by atoms with Gasteiger partial charge < -0.3 is 14.4 Å².